The lowest BCUT2D eigenvalue weighted by molar-refractivity contribution is 0.0698. The van der Waals surface area contributed by atoms with Gasteiger partial charge < -0.3 is 4.90 Å². The molecule has 0 atom stereocenters. The number of rotatable bonds is 6. The molecule has 0 radical (unpaired) electrons. The Hall–Kier alpha value is -2.31. The molecule has 2 aliphatic rings. The summed E-state index contributed by atoms with van der Waals surface area (Å²) in [4.78, 5) is 17.1. The van der Waals surface area contributed by atoms with Gasteiger partial charge in [-0.1, -0.05) is 30.3 Å². The molecule has 0 aromatic heterocycles. The van der Waals surface area contributed by atoms with Gasteiger partial charge in [0, 0.05) is 64.5 Å². The minimum Gasteiger partial charge on any atom is -0.336 e. The van der Waals surface area contributed by atoms with E-state index in [9.17, 15) is 21.6 Å². The van der Waals surface area contributed by atoms with Crippen molar-refractivity contribution in [3.63, 3.8) is 0 Å². The smallest absolute Gasteiger partial charge is 0.253 e. The summed E-state index contributed by atoms with van der Waals surface area (Å²) >= 11 is 0. The zero-order valence-corrected chi connectivity index (χ0v) is 20.8. The second-order valence-corrected chi connectivity index (χ2v) is 12.6. The Balaban J connectivity index is 1.30. The normalized spacial score (nSPS) is 19.3. The summed E-state index contributed by atoms with van der Waals surface area (Å²) in [6.07, 6.45) is 1.24. The van der Waals surface area contributed by atoms with Crippen LogP contribution in [0.1, 0.15) is 15.9 Å². The van der Waals surface area contributed by atoms with E-state index in [1.807, 2.05) is 12.1 Å². The molecule has 2 aromatic carbocycles. The molecule has 34 heavy (non-hydrogen) atoms. The molecule has 0 aliphatic carbocycles. The molecule has 2 aromatic rings. The Morgan fingerprint density at radius 2 is 1.29 bits per heavy atom. The Bertz CT molecular complexity index is 1200. The number of hydrogen-bond acceptors (Lipinski definition) is 6. The van der Waals surface area contributed by atoms with E-state index in [2.05, 4.69) is 4.90 Å². The summed E-state index contributed by atoms with van der Waals surface area (Å²) in [6.45, 7) is 4.23. The van der Waals surface area contributed by atoms with Crippen LogP contribution >= 0.6 is 0 Å². The summed E-state index contributed by atoms with van der Waals surface area (Å²) in [7, 11) is -6.70. The minimum atomic E-state index is -3.55. The third kappa shape index (κ3) is 5.66. The number of piperazine rings is 2. The topological polar surface area (TPSA) is 98.3 Å². The summed E-state index contributed by atoms with van der Waals surface area (Å²) < 4.78 is 51.8. The van der Waals surface area contributed by atoms with Gasteiger partial charge in [0.25, 0.3) is 5.91 Å². The number of sulfonamides is 2. The lowest BCUT2D eigenvalue weighted by Crippen LogP contribution is -2.50. The second-order valence-electron chi connectivity index (χ2n) is 8.64. The number of carbonyl (C=O) groups excluding carboxylic acids is 1. The Kier molecular flexibility index (Phi) is 7.39. The second kappa shape index (κ2) is 10.1. The highest BCUT2D eigenvalue weighted by atomic mass is 32.2. The van der Waals surface area contributed by atoms with Crippen molar-refractivity contribution in [2.75, 3.05) is 58.6 Å². The van der Waals surface area contributed by atoms with Crippen LogP contribution in [0.15, 0.2) is 59.5 Å². The van der Waals surface area contributed by atoms with Crippen LogP contribution in [0, 0.1) is 0 Å². The van der Waals surface area contributed by atoms with Gasteiger partial charge in [0.05, 0.1) is 11.2 Å². The fourth-order valence-corrected chi connectivity index (χ4v) is 6.56. The average molecular weight is 507 g/mol. The molecule has 2 aliphatic heterocycles. The third-order valence-electron chi connectivity index (χ3n) is 6.31. The van der Waals surface area contributed by atoms with E-state index in [0.29, 0.717) is 51.4 Å². The molecule has 2 saturated heterocycles. The van der Waals surface area contributed by atoms with Gasteiger partial charge in [0.15, 0.2) is 0 Å². The van der Waals surface area contributed by atoms with E-state index in [1.165, 1.54) is 14.9 Å². The highest BCUT2D eigenvalue weighted by Crippen LogP contribution is 2.19. The van der Waals surface area contributed by atoms with Gasteiger partial charge in [-0.05, 0) is 29.8 Å². The van der Waals surface area contributed by atoms with E-state index in [4.69, 9.17) is 0 Å². The average Bonchev–Trinajstić information content (AvgIpc) is 2.84. The number of nitrogens with zero attached hydrogens (tertiary/aromatic N) is 4. The maximum Gasteiger partial charge on any atom is 0.253 e. The van der Waals surface area contributed by atoms with Crippen molar-refractivity contribution in [1.29, 1.82) is 0 Å². The van der Waals surface area contributed by atoms with Gasteiger partial charge in [0.2, 0.25) is 20.0 Å². The van der Waals surface area contributed by atoms with Gasteiger partial charge in [-0.15, -0.1) is 0 Å². The fraction of sp³-hybridized carbons (Fsp3) is 0.435. The molecule has 0 N–H and O–H groups in total. The predicted octanol–water partition coefficient (Wildman–Crippen LogP) is 0.911. The molecule has 184 valence electrons. The molecule has 0 unspecified atom stereocenters. The van der Waals surface area contributed by atoms with Gasteiger partial charge in [-0.2, -0.15) is 8.61 Å². The maximum atomic E-state index is 12.9. The molecule has 9 nitrogen and oxygen atoms in total. The predicted molar refractivity (Wildman–Crippen MR) is 129 cm³/mol. The van der Waals surface area contributed by atoms with Crippen LogP contribution < -0.4 is 0 Å². The number of carbonyl (C=O) groups is 1. The SMILES string of the molecule is CS(=O)(=O)N1CCN(Cc2ccc(C(=O)N3CCN(S(=O)(=O)c4ccccc4)CC3)cc2)CC1. The molecular formula is C23H30N4O5S2. The maximum absolute atomic E-state index is 12.9. The summed E-state index contributed by atoms with van der Waals surface area (Å²) in [5.74, 6) is -0.106. The lowest BCUT2D eigenvalue weighted by Gasteiger charge is -2.34. The van der Waals surface area contributed by atoms with Crippen molar-refractivity contribution in [1.82, 2.24) is 18.4 Å². The number of amides is 1. The van der Waals surface area contributed by atoms with E-state index >= 15 is 0 Å². The van der Waals surface area contributed by atoms with Crippen LogP contribution in [-0.4, -0.2) is 99.8 Å². The lowest BCUT2D eigenvalue weighted by atomic mass is 10.1. The van der Waals surface area contributed by atoms with E-state index in [-0.39, 0.29) is 23.9 Å². The zero-order chi connectivity index (χ0) is 24.3. The minimum absolute atomic E-state index is 0.106. The number of hydrogen-bond donors (Lipinski definition) is 0. The largest absolute Gasteiger partial charge is 0.336 e. The standard InChI is InChI=1S/C23H30N4O5S2/c1-33(29,30)26-15-11-24(12-16-26)19-20-7-9-21(10-8-20)23(28)25-13-17-27(18-14-25)34(31,32)22-5-3-2-4-6-22/h2-10H,11-19H2,1H3. The van der Waals surface area contributed by atoms with Crippen LogP contribution in [0.4, 0.5) is 0 Å². The Morgan fingerprint density at radius 3 is 1.85 bits per heavy atom. The Morgan fingerprint density at radius 1 is 0.735 bits per heavy atom. The summed E-state index contributed by atoms with van der Waals surface area (Å²) in [5.41, 5.74) is 1.63. The summed E-state index contributed by atoms with van der Waals surface area (Å²) in [6, 6.07) is 15.8. The molecule has 2 heterocycles. The first-order valence-electron chi connectivity index (χ1n) is 11.3. The van der Waals surface area contributed by atoms with Crippen LogP contribution in [-0.2, 0) is 26.6 Å². The van der Waals surface area contributed by atoms with E-state index in [0.717, 1.165) is 5.56 Å². The first-order chi connectivity index (χ1) is 16.1. The van der Waals surface area contributed by atoms with E-state index < -0.39 is 20.0 Å². The molecule has 0 saturated carbocycles. The van der Waals surface area contributed by atoms with Crippen molar-refractivity contribution >= 4 is 26.0 Å². The molecule has 2 fully saturated rings. The van der Waals surface area contributed by atoms with Gasteiger partial charge in [-0.3, -0.25) is 9.69 Å². The molecule has 11 heteroatoms. The van der Waals surface area contributed by atoms with Crippen molar-refractivity contribution in [2.45, 2.75) is 11.4 Å². The fourth-order valence-electron chi connectivity index (χ4n) is 4.29. The van der Waals surface area contributed by atoms with Crippen LogP contribution in [0.5, 0.6) is 0 Å². The van der Waals surface area contributed by atoms with Gasteiger partial charge in [-0.25, -0.2) is 16.8 Å². The van der Waals surface area contributed by atoms with Crippen molar-refractivity contribution < 1.29 is 21.6 Å². The van der Waals surface area contributed by atoms with E-state index in [1.54, 1.807) is 47.4 Å². The monoisotopic (exact) mass is 506 g/mol. The quantitative estimate of drug-likeness (QED) is 0.578. The van der Waals surface area contributed by atoms with Crippen molar-refractivity contribution in [2.24, 2.45) is 0 Å². The van der Waals surface area contributed by atoms with Gasteiger partial charge >= 0.3 is 0 Å². The number of benzene rings is 2. The zero-order valence-electron chi connectivity index (χ0n) is 19.2. The van der Waals surface area contributed by atoms with Gasteiger partial charge in [0.1, 0.15) is 0 Å². The van der Waals surface area contributed by atoms with Crippen LogP contribution in [0.25, 0.3) is 0 Å². The first-order valence-corrected chi connectivity index (χ1v) is 14.5. The highest BCUT2D eigenvalue weighted by molar-refractivity contribution is 7.89. The molecule has 4 rings (SSSR count). The molecule has 0 spiro atoms. The third-order valence-corrected chi connectivity index (χ3v) is 9.53. The molecule has 1 amide bonds. The first kappa shape index (κ1) is 24.8. The molecular weight excluding hydrogens is 476 g/mol. The van der Waals surface area contributed by atoms with Crippen molar-refractivity contribution in [3.8, 4) is 0 Å². The Labute approximate surface area is 201 Å². The summed E-state index contributed by atoms with van der Waals surface area (Å²) in [5, 5.41) is 0. The van der Waals surface area contributed by atoms with Crippen molar-refractivity contribution in [3.05, 3.63) is 65.7 Å². The highest BCUT2D eigenvalue weighted by Gasteiger charge is 2.30. The van der Waals surface area contributed by atoms with Crippen LogP contribution in [0.2, 0.25) is 0 Å². The molecule has 0 bridgehead atoms. The van der Waals surface area contributed by atoms with Crippen LogP contribution in [0.3, 0.4) is 0 Å².